The Hall–Kier alpha value is -1.93. The predicted octanol–water partition coefficient (Wildman–Crippen LogP) is 4.73. The summed E-state index contributed by atoms with van der Waals surface area (Å²) in [6.45, 7) is 1.99. The standard InChI is InChI=1S/C22H26N4O2S2/c1-13-3-2-4-17(5-13)23-18(27)12-29-21-26-25-20(30-21)24-19(28)22-9-14-6-15(10-22)8-16(7-14)11-22/h2-5,14-16H,6-12H2,1H3,(H,23,27)(H,24,25,28). The van der Waals surface area contributed by atoms with E-state index >= 15 is 0 Å². The first-order valence-corrected chi connectivity index (χ1v) is 12.4. The molecule has 4 aliphatic carbocycles. The molecule has 4 bridgehead atoms. The molecule has 2 N–H and O–H groups in total. The Morgan fingerprint density at radius 3 is 2.47 bits per heavy atom. The van der Waals surface area contributed by atoms with E-state index < -0.39 is 0 Å². The highest BCUT2D eigenvalue weighted by Gasteiger charge is 2.54. The third-order valence-corrected chi connectivity index (χ3v) is 8.75. The zero-order valence-electron chi connectivity index (χ0n) is 17.0. The molecule has 2 amide bonds. The average molecular weight is 443 g/mol. The number of carbonyl (C=O) groups excluding carboxylic acids is 2. The van der Waals surface area contributed by atoms with Gasteiger partial charge in [-0.1, -0.05) is 35.2 Å². The second kappa shape index (κ2) is 7.96. The average Bonchev–Trinajstić information content (AvgIpc) is 3.13. The van der Waals surface area contributed by atoms with Crippen LogP contribution in [-0.2, 0) is 9.59 Å². The highest BCUT2D eigenvalue weighted by Crippen LogP contribution is 2.60. The number of hydrogen-bond acceptors (Lipinski definition) is 6. The maximum absolute atomic E-state index is 13.1. The van der Waals surface area contributed by atoms with E-state index in [9.17, 15) is 9.59 Å². The lowest BCUT2D eigenvalue weighted by atomic mass is 9.49. The zero-order chi connectivity index (χ0) is 20.7. The molecule has 0 saturated heterocycles. The van der Waals surface area contributed by atoms with Crippen molar-refractivity contribution in [2.24, 2.45) is 23.2 Å². The van der Waals surface area contributed by atoms with Gasteiger partial charge >= 0.3 is 0 Å². The van der Waals surface area contributed by atoms with Crippen LogP contribution in [0.2, 0.25) is 0 Å². The molecule has 1 aromatic heterocycles. The lowest BCUT2D eigenvalue weighted by molar-refractivity contribution is -0.140. The molecular formula is C22H26N4O2S2. The van der Waals surface area contributed by atoms with Gasteiger partial charge in [0.15, 0.2) is 4.34 Å². The van der Waals surface area contributed by atoms with Crippen LogP contribution in [-0.4, -0.2) is 27.8 Å². The summed E-state index contributed by atoms with van der Waals surface area (Å²) < 4.78 is 0.690. The number of nitrogens with zero attached hydrogens (tertiary/aromatic N) is 2. The third kappa shape index (κ3) is 4.12. The molecule has 6 nitrogen and oxygen atoms in total. The molecule has 8 heteroatoms. The normalized spacial score (nSPS) is 29.0. The first kappa shape index (κ1) is 20.0. The van der Waals surface area contributed by atoms with Gasteiger partial charge in [-0.25, -0.2) is 0 Å². The van der Waals surface area contributed by atoms with Crippen LogP contribution in [0.4, 0.5) is 10.8 Å². The number of benzene rings is 1. The summed E-state index contributed by atoms with van der Waals surface area (Å²) in [7, 11) is 0. The summed E-state index contributed by atoms with van der Waals surface area (Å²) in [5.74, 6) is 2.50. The van der Waals surface area contributed by atoms with Crippen molar-refractivity contribution >= 4 is 45.7 Å². The van der Waals surface area contributed by atoms with Crippen LogP contribution >= 0.6 is 23.1 Å². The largest absolute Gasteiger partial charge is 0.325 e. The summed E-state index contributed by atoms with van der Waals surface area (Å²) >= 11 is 2.69. The van der Waals surface area contributed by atoms with Gasteiger partial charge in [0.05, 0.1) is 11.2 Å². The van der Waals surface area contributed by atoms with Gasteiger partial charge in [-0.15, -0.1) is 10.2 Å². The van der Waals surface area contributed by atoms with Crippen LogP contribution in [0.3, 0.4) is 0 Å². The fraction of sp³-hybridized carbons (Fsp3) is 0.545. The highest BCUT2D eigenvalue weighted by atomic mass is 32.2. The molecule has 4 saturated carbocycles. The van der Waals surface area contributed by atoms with Crippen molar-refractivity contribution in [3.63, 3.8) is 0 Å². The van der Waals surface area contributed by atoms with Gasteiger partial charge in [-0.3, -0.25) is 9.59 Å². The molecule has 2 aromatic rings. The number of rotatable bonds is 6. The van der Waals surface area contributed by atoms with Crippen LogP contribution in [0.25, 0.3) is 0 Å². The Labute approximate surface area is 184 Å². The molecule has 1 heterocycles. The monoisotopic (exact) mass is 442 g/mol. The van der Waals surface area contributed by atoms with Gasteiger partial charge in [-0.2, -0.15) is 0 Å². The van der Waals surface area contributed by atoms with Crippen molar-refractivity contribution in [1.82, 2.24) is 10.2 Å². The lowest BCUT2D eigenvalue weighted by Gasteiger charge is -2.55. The molecule has 4 aliphatic rings. The number of thioether (sulfide) groups is 1. The SMILES string of the molecule is Cc1cccc(NC(=O)CSc2nnc(NC(=O)C34CC5CC(CC(C5)C3)C4)s2)c1. The Morgan fingerprint density at radius 2 is 1.80 bits per heavy atom. The van der Waals surface area contributed by atoms with Gasteiger partial charge in [-0.05, 0) is 80.9 Å². The van der Waals surface area contributed by atoms with Gasteiger partial charge in [0, 0.05) is 5.69 Å². The number of carbonyl (C=O) groups is 2. The molecule has 0 aliphatic heterocycles. The minimum atomic E-state index is -0.193. The van der Waals surface area contributed by atoms with Crippen LogP contribution < -0.4 is 10.6 Å². The molecule has 30 heavy (non-hydrogen) atoms. The smallest absolute Gasteiger partial charge is 0.234 e. The summed E-state index contributed by atoms with van der Waals surface area (Å²) in [5.41, 5.74) is 1.70. The van der Waals surface area contributed by atoms with E-state index in [0.717, 1.165) is 48.3 Å². The molecule has 158 valence electrons. The lowest BCUT2D eigenvalue weighted by Crippen LogP contribution is -2.51. The number of anilines is 2. The van der Waals surface area contributed by atoms with Gasteiger partial charge in [0.2, 0.25) is 16.9 Å². The summed E-state index contributed by atoms with van der Waals surface area (Å²) in [5, 5.41) is 14.8. The summed E-state index contributed by atoms with van der Waals surface area (Å²) in [6, 6.07) is 7.72. The zero-order valence-corrected chi connectivity index (χ0v) is 18.7. The Morgan fingerprint density at radius 1 is 1.10 bits per heavy atom. The van der Waals surface area contributed by atoms with Gasteiger partial charge in [0.25, 0.3) is 0 Å². The molecular weight excluding hydrogens is 416 g/mol. The molecule has 0 radical (unpaired) electrons. The minimum Gasteiger partial charge on any atom is -0.325 e. The fourth-order valence-corrected chi connectivity index (χ4v) is 7.53. The first-order valence-electron chi connectivity index (χ1n) is 10.6. The Balaban J connectivity index is 1.15. The highest BCUT2D eigenvalue weighted by molar-refractivity contribution is 8.01. The topological polar surface area (TPSA) is 84.0 Å². The van der Waals surface area contributed by atoms with E-state index in [-0.39, 0.29) is 23.0 Å². The molecule has 4 fully saturated rings. The number of aromatic nitrogens is 2. The van der Waals surface area contributed by atoms with Crippen molar-refractivity contribution in [2.75, 3.05) is 16.4 Å². The Bertz CT molecular complexity index is 938. The number of hydrogen-bond donors (Lipinski definition) is 2. The molecule has 0 unspecified atom stereocenters. The number of amides is 2. The van der Waals surface area contributed by atoms with Crippen LogP contribution in [0.15, 0.2) is 28.6 Å². The quantitative estimate of drug-likeness (QED) is 0.499. The third-order valence-electron chi connectivity index (χ3n) is 6.78. The maximum Gasteiger partial charge on any atom is 0.234 e. The van der Waals surface area contributed by atoms with Crippen molar-refractivity contribution in [3.05, 3.63) is 29.8 Å². The minimum absolute atomic E-state index is 0.0834. The van der Waals surface area contributed by atoms with Crippen LogP contribution in [0.1, 0.15) is 44.1 Å². The predicted molar refractivity (Wildman–Crippen MR) is 120 cm³/mol. The molecule has 1 aromatic carbocycles. The Kier molecular flexibility index (Phi) is 5.31. The van der Waals surface area contributed by atoms with E-state index in [4.69, 9.17) is 0 Å². The van der Waals surface area contributed by atoms with E-state index in [1.807, 2.05) is 31.2 Å². The van der Waals surface area contributed by atoms with E-state index in [1.165, 1.54) is 42.4 Å². The van der Waals surface area contributed by atoms with Gasteiger partial charge in [0.1, 0.15) is 0 Å². The second-order valence-electron chi connectivity index (χ2n) is 9.23. The maximum atomic E-state index is 13.1. The van der Waals surface area contributed by atoms with Crippen molar-refractivity contribution in [2.45, 2.75) is 49.8 Å². The van der Waals surface area contributed by atoms with Crippen molar-refractivity contribution < 1.29 is 9.59 Å². The van der Waals surface area contributed by atoms with Crippen LogP contribution in [0, 0.1) is 30.1 Å². The molecule has 0 spiro atoms. The van der Waals surface area contributed by atoms with E-state index in [2.05, 4.69) is 20.8 Å². The van der Waals surface area contributed by atoms with E-state index in [0.29, 0.717) is 9.47 Å². The second-order valence-corrected chi connectivity index (χ2v) is 11.4. The number of nitrogens with one attached hydrogen (secondary N) is 2. The molecule has 6 rings (SSSR count). The summed E-state index contributed by atoms with van der Waals surface area (Å²) in [6.07, 6.45) is 7.04. The first-order chi connectivity index (χ1) is 14.5. The fourth-order valence-electron chi connectivity index (χ4n) is 5.98. The summed E-state index contributed by atoms with van der Waals surface area (Å²) in [4.78, 5) is 25.3. The number of aryl methyl sites for hydroxylation is 1. The van der Waals surface area contributed by atoms with Crippen LogP contribution in [0.5, 0.6) is 0 Å². The van der Waals surface area contributed by atoms with Gasteiger partial charge < -0.3 is 10.6 Å². The van der Waals surface area contributed by atoms with E-state index in [1.54, 1.807) is 0 Å². The van der Waals surface area contributed by atoms with Crippen molar-refractivity contribution in [3.8, 4) is 0 Å². The van der Waals surface area contributed by atoms with Crippen molar-refractivity contribution in [1.29, 1.82) is 0 Å². The molecule has 0 atom stereocenters.